The normalized spacial score (nSPS) is 11.6. The van der Waals surface area contributed by atoms with Gasteiger partial charge < -0.3 is 10.2 Å². The maximum Gasteiger partial charge on any atom is 0.276 e. The molecule has 0 saturated heterocycles. The highest BCUT2D eigenvalue weighted by Crippen LogP contribution is 2.40. The van der Waals surface area contributed by atoms with E-state index in [2.05, 4.69) is 46.9 Å². The molecule has 0 spiro atoms. The van der Waals surface area contributed by atoms with Gasteiger partial charge in [0.2, 0.25) is 0 Å². The zero-order chi connectivity index (χ0) is 25.5. The SMILES string of the molecule is O=C(Cl)/C(=N\Oc1ccccc1)c1csc(NC(c2ccccc2)(c2ccccc2)c2ccccc2)n1. The second kappa shape index (κ2) is 11.2. The third kappa shape index (κ3) is 5.31. The lowest BCUT2D eigenvalue weighted by Crippen LogP contribution is -2.38. The number of halogens is 1. The van der Waals surface area contributed by atoms with E-state index in [0.717, 1.165) is 16.7 Å². The predicted molar refractivity (Wildman–Crippen MR) is 149 cm³/mol. The van der Waals surface area contributed by atoms with E-state index in [-0.39, 0.29) is 5.71 Å². The molecule has 37 heavy (non-hydrogen) atoms. The van der Waals surface area contributed by atoms with Crippen molar-refractivity contribution in [2.45, 2.75) is 5.54 Å². The second-order valence-electron chi connectivity index (χ2n) is 8.13. The van der Waals surface area contributed by atoms with Gasteiger partial charge in [0.15, 0.2) is 16.6 Å². The van der Waals surface area contributed by atoms with Crippen molar-refractivity contribution in [3.8, 4) is 5.75 Å². The Bertz CT molecular complexity index is 1390. The molecular formula is C30H22ClN3O2S. The maximum atomic E-state index is 12.2. The Balaban J connectivity index is 1.58. The molecule has 0 fully saturated rings. The van der Waals surface area contributed by atoms with Gasteiger partial charge in [-0.25, -0.2) is 4.98 Å². The average Bonchev–Trinajstić information content (AvgIpc) is 3.41. The summed E-state index contributed by atoms with van der Waals surface area (Å²) in [7, 11) is 0. The van der Waals surface area contributed by atoms with E-state index in [9.17, 15) is 4.79 Å². The summed E-state index contributed by atoms with van der Waals surface area (Å²) in [6, 6.07) is 39.6. The fraction of sp³-hybridized carbons (Fsp3) is 0.0333. The van der Waals surface area contributed by atoms with Gasteiger partial charge in [-0.15, -0.1) is 11.3 Å². The molecule has 0 saturated carbocycles. The van der Waals surface area contributed by atoms with Crippen molar-refractivity contribution in [3.63, 3.8) is 0 Å². The van der Waals surface area contributed by atoms with Gasteiger partial charge in [0.05, 0.1) is 0 Å². The quantitative estimate of drug-likeness (QED) is 0.0968. The molecule has 0 unspecified atom stereocenters. The van der Waals surface area contributed by atoms with Crippen LogP contribution in [0.25, 0.3) is 0 Å². The smallest absolute Gasteiger partial charge is 0.276 e. The van der Waals surface area contributed by atoms with Gasteiger partial charge in [0, 0.05) is 5.38 Å². The number of thiazole rings is 1. The summed E-state index contributed by atoms with van der Waals surface area (Å²) in [6.07, 6.45) is 0. The van der Waals surface area contributed by atoms with Crippen LogP contribution in [0.15, 0.2) is 132 Å². The molecule has 1 N–H and O–H groups in total. The van der Waals surface area contributed by atoms with E-state index in [1.54, 1.807) is 17.5 Å². The van der Waals surface area contributed by atoms with Crippen molar-refractivity contribution in [3.05, 3.63) is 149 Å². The van der Waals surface area contributed by atoms with E-state index in [1.807, 2.05) is 72.8 Å². The van der Waals surface area contributed by atoms with Gasteiger partial charge in [-0.1, -0.05) is 114 Å². The van der Waals surface area contributed by atoms with Crippen molar-refractivity contribution in [1.29, 1.82) is 0 Å². The Morgan fingerprint density at radius 1 is 0.757 bits per heavy atom. The van der Waals surface area contributed by atoms with Gasteiger partial charge in [0.25, 0.3) is 5.24 Å². The zero-order valence-electron chi connectivity index (χ0n) is 19.6. The van der Waals surface area contributed by atoms with Crippen LogP contribution in [0.4, 0.5) is 5.13 Å². The van der Waals surface area contributed by atoms with Crippen LogP contribution in [-0.4, -0.2) is 15.9 Å². The van der Waals surface area contributed by atoms with Crippen LogP contribution in [-0.2, 0) is 10.3 Å². The lowest BCUT2D eigenvalue weighted by atomic mass is 9.77. The van der Waals surface area contributed by atoms with Gasteiger partial charge in [-0.3, -0.25) is 4.79 Å². The van der Waals surface area contributed by atoms with Crippen molar-refractivity contribution >= 4 is 39.0 Å². The minimum atomic E-state index is -0.756. The summed E-state index contributed by atoms with van der Waals surface area (Å²) in [4.78, 5) is 22.3. The van der Waals surface area contributed by atoms with E-state index < -0.39 is 10.8 Å². The minimum absolute atomic E-state index is 0.0699. The number of anilines is 1. The summed E-state index contributed by atoms with van der Waals surface area (Å²) in [5, 5.41) is 9.26. The highest BCUT2D eigenvalue weighted by Gasteiger charge is 2.37. The number of carbonyl (C=O) groups is 1. The van der Waals surface area contributed by atoms with E-state index in [4.69, 9.17) is 21.4 Å². The molecule has 5 nitrogen and oxygen atoms in total. The first-order chi connectivity index (χ1) is 18.2. The van der Waals surface area contributed by atoms with E-state index >= 15 is 0 Å². The first-order valence-corrected chi connectivity index (χ1v) is 12.8. The molecule has 0 amide bonds. The fourth-order valence-corrected chi connectivity index (χ4v) is 5.03. The first-order valence-electron chi connectivity index (χ1n) is 11.6. The Morgan fingerprint density at radius 3 is 1.68 bits per heavy atom. The van der Waals surface area contributed by atoms with Crippen LogP contribution >= 0.6 is 22.9 Å². The molecule has 0 radical (unpaired) electrons. The van der Waals surface area contributed by atoms with Gasteiger partial charge in [-0.05, 0) is 40.4 Å². The Hall–Kier alpha value is -4.26. The van der Waals surface area contributed by atoms with Crippen molar-refractivity contribution < 1.29 is 9.63 Å². The van der Waals surface area contributed by atoms with E-state index in [1.165, 1.54) is 11.3 Å². The largest absolute Gasteiger partial charge is 0.356 e. The number of nitrogens with zero attached hydrogens (tertiary/aromatic N) is 2. The van der Waals surface area contributed by atoms with Crippen LogP contribution in [0.1, 0.15) is 22.4 Å². The molecule has 4 aromatic carbocycles. The molecule has 182 valence electrons. The summed E-state index contributed by atoms with van der Waals surface area (Å²) < 4.78 is 0. The molecule has 0 atom stereocenters. The van der Waals surface area contributed by atoms with Crippen molar-refractivity contribution in [2.75, 3.05) is 5.32 Å². The molecule has 5 rings (SSSR count). The Morgan fingerprint density at radius 2 is 1.22 bits per heavy atom. The number of carbonyl (C=O) groups excluding carboxylic acids is 1. The van der Waals surface area contributed by atoms with Gasteiger partial charge >= 0.3 is 0 Å². The molecule has 5 aromatic rings. The summed E-state index contributed by atoms with van der Waals surface area (Å²) in [5.74, 6) is 0.489. The number of nitrogens with one attached hydrogen (secondary N) is 1. The van der Waals surface area contributed by atoms with Crippen LogP contribution in [0.2, 0.25) is 0 Å². The fourth-order valence-electron chi connectivity index (χ4n) is 4.14. The lowest BCUT2D eigenvalue weighted by Gasteiger charge is -2.36. The highest BCUT2D eigenvalue weighted by molar-refractivity contribution is 7.14. The van der Waals surface area contributed by atoms with Crippen LogP contribution in [0.5, 0.6) is 5.75 Å². The monoisotopic (exact) mass is 523 g/mol. The summed E-state index contributed by atoms with van der Waals surface area (Å²) in [6.45, 7) is 0. The van der Waals surface area contributed by atoms with Crippen LogP contribution in [0.3, 0.4) is 0 Å². The summed E-state index contributed by atoms with van der Waals surface area (Å²) >= 11 is 7.23. The minimum Gasteiger partial charge on any atom is -0.356 e. The zero-order valence-corrected chi connectivity index (χ0v) is 21.2. The number of aromatic nitrogens is 1. The molecule has 0 aliphatic rings. The standard InChI is InChI=1S/C30H22ClN3O2S/c31-28(35)27(34-36-25-19-11-4-12-20-25)26-21-37-29(32-26)33-30(22-13-5-1-6-14-22,23-15-7-2-8-16-23)24-17-9-3-10-18-24/h1-21H,(H,32,33)/b34-27-. The van der Waals surface area contributed by atoms with Crippen LogP contribution in [0, 0.1) is 0 Å². The first kappa shape index (κ1) is 24.4. The number of rotatable bonds is 9. The average molecular weight is 524 g/mol. The number of hydrogen-bond acceptors (Lipinski definition) is 6. The molecule has 0 bridgehead atoms. The maximum absolute atomic E-state index is 12.2. The topological polar surface area (TPSA) is 63.6 Å². The molecule has 0 aliphatic carbocycles. The van der Waals surface area contributed by atoms with Crippen molar-refractivity contribution in [1.82, 2.24) is 4.98 Å². The second-order valence-corrected chi connectivity index (χ2v) is 9.33. The Labute approximate surface area is 224 Å². The van der Waals surface area contributed by atoms with Gasteiger partial charge in [0.1, 0.15) is 11.2 Å². The molecule has 1 aromatic heterocycles. The molecule has 7 heteroatoms. The third-order valence-corrected chi connectivity index (χ3v) is 6.77. The molecular weight excluding hydrogens is 502 g/mol. The molecule has 0 aliphatic heterocycles. The Kier molecular flexibility index (Phi) is 7.40. The highest BCUT2D eigenvalue weighted by atomic mass is 35.5. The predicted octanol–water partition coefficient (Wildman–Crippen LogP) is 7.10. The lowest BCUT2D eigenvalue weighted by molar-refractivity contribution is -0.106. The number of benzene rings is 4. The number of oxime groups is 1. The third-order valence-electron chi connectivity index (χ3n) is 5.83. The van der Waals surface area contributed by atoms with Crippen molar-refractivity contribution in [2.24, 2.45) is 5.16 Å². The van der Waals surface area contributed by atoms with Gasteiger partial charge in [-0.2, -0.15) is 0 Å². The molecule has 1 heterocycles. The number of para-hydroxylation sites is 1. The van der Waals surface area contributed by atoms with E-state index in [0.29, 0.717) is 16.6 Å². The summed E-state index contributed by atoms with van der Waals surface area (Å²) in [5.41, 5.74) is 2.63. The number of hydrogen-bond donors (Lipinski definition) is 1. The van der Waals surface area contributed by atoms with Crippen LogP contribution < -0.4 is 10.2 Å².